The van der Waals surface area contributed by atoms with Crippen molar-refractivity contribution in [3.8, 4) is 11.5 Å². The molecule has 0 radical (unpaired) electrons. The summed E-state index contributed by atoms with van der Waals surface area (Å²) in [5.74, 6) is 1.41. The van der Waals surface area contributed by atoms with E-state index in [0.29, 0.717) is 47.3 Å². The van der Waals surface area contributed by atoms with Crippen LogP contribution in [0.4, 0.5) is 11.4 Å². The van der Waals surface area contributed by atoms with Crippen LogP contribution in [0.1, 0.15) is 41.2 Å². The largest absolute Gasteiger partial charge is 0.494 e. The Morgan fingerprint density at radius 1 is 1.22 bits per heavy atom. The highest BCUT2D eigenvalue weighted by Crippen LogP contribution is 2.38. The Kier molecular flexibility index (Phi) is 5.85. The number of fused-ring (bicyclic) bond motifs is 1. The highest BCUT2D eigenvalue weighted by atomic mass is 16.5. The van der Waals surface area contributed by atoms with Gasteiger partial charge in [0.1, 0.15) is 17.3 Å². The van der Waals surface area contributed by atoms with Gasteiger partial charge in [-0.05, 0) is 64.1 Å². The zero-order valence-corrected chi connectivity index (χ0v) is 18.5. The Morgan fingerprint density at radius 3 is 2.75 bits per heavy atom. The second-order valence-electron chi connectivity index (χ2n) is 7.58. The quantitative estimate of drug-likeness (QED) is 0.622. The number of nitrogens with one attached hydrogen (secondary N) is 1. The summed E-state index contributed by atoms with van der Waals surface area (Å²) in [5.41, 5.74) is 3.18. The zero-order chi connectivity index (χ0) is 22.8. The third-order valence-corrected chi connectivity index (χ3v) is 5.33. The van der Waals surface area contributed by atoms with Gasteiger partial charge in [0.25, 0.3) is 11.8 Å². The van der Waals surface area contributed by atoms with Crippen molar-refractivity contribution < 1.29 is 23.6 Å². The molecule has 8 nitrogen and oxygen atoms in total. The molecule has 2 amide bonds. The van der Waals surface area contributed by atoms with E-state index < -0.39 is 6.10 Å². The minimum absolute atomic E-state index is 0.176. The van der Waals surface area contributed by atoms with E-state index in [-0.39, 0.29) is 11.8 Å². The average Bonchev–Trinajstić information content (AvgIpc) is 3.09. The first kappa shape index (κ1) is 21.4. The third kappa shape index (κ3) is 4.16. The molecule has 0 bridgehead atoms. The molecule has 0 fully saturated rings. The van der Waals surface area contributed by atoms with Crippen molar-refractivity contribution in [2.75, 3.05) is 16.8 Å². The maximum absolute atomic E-state index is 12.9. The Balaban J connectivity index is 1.62. The fourth-order valence-corrected chi connectivity index (χ4v) is 3.63. The van der Waals surface area contributed by atoms with Gasteiger partial charge in [0.05, 0.1) is 24.5 Å². The molecule has 166 valence electrons. The number of aromatic nitrogens is 1. The number of carbonyl (C=O) groups is 2. The molecule has 0 aliphatic carbocycles. The summed E-state index contributed by atoms with van der Waals surface area (Å²) < 4.78 is 16.5. The molecule has 1 aromatic heterocycles. The Hall–Kier alpha value is -3.81. The molecule has 32 heavy (non-hydrogen) atoms. The summed E-state index contributed by atoms with van der Waals surface area (Å²) in [4.78, 5) is 27.4. The van der Waals surface area contributed by atoms with Gasteiger partial charge >= 0.3 is 0 Å². The summed E-state index contributed by atoms with van der Waals surface area (Å²) in [5, 5.41) is 6.87. The number of hydrogen-bond donors (Lipinski definition) is 1. The van der Waals surface area contributed by atoms with E-state index in [1.54, 1.807) is 54.3 Å². The smallest absolute Gasteiger partial charge is 0.268 e. The summed E-state index contributed by atoms with van der Waals surface area (Å²) in [6, 6.07) is 12.2. The molecule has 0 saturated heterocycles. The van der Waals surface area contributed by atoms with Crippen molar-refractivity contribution in [1.29, 1.82) is 0 Å². The van der Waals surface area contributed by atoms with E-state index in [1.165, 1.54) is 0 Å². The number of ether oxygens (including phenoxy) is 2. The van der Waals surface area contributed by atoms with Gasteiger partial charge in [0.15, 0.2) is 6.10 Å². The number of aryl methyl sites for hydroxylation is 2. The number of hydrogen-bond acceptors (Lipinski definition) is 6. The molecule has 1 aliphatic heterocycles. The first-order valence-electron chi connectivity index (χ1n) is 10.5. The lowest BCUT2D eigenvalue weighted by molar-refractivity contribution is -0.125. The molecule has 2 aromatic carbocycles. The van der Waals surface area contributed by atoms with E-state index in [9.17, 15) is 9.59 Å². The molecule has 2 heterocycles. The van der Waals surface area contributed by atoms with Crippen molar-refractivity contribution in [3.05, 3.63) is 65.0 Å². The standard InChI is InChI=1S/C24H25N3O5/c1-5-30-19-8-6-7-17(11-19)23(28)25-18-9-10-22-21(12-18)27(24(29)16(4)31-22)13-20-14(2)26-32-15(20)3/h6-12,16H,5,13H2,1-4H3,(H,25,28). The van der Waals surface area contributed by atoms with Gasteiger partial charge in [-0.1, -0.05) is 11.2 Å². The van der Waals surface area contributed by atoms with Crippen LogP contribution < -0.4 is 19.7 Å². The van der Waals surface area contributed by atoms with Crippen LogP contribution >= 0.6 is 0 Å². The van der Waals surface area contributed by atoms with Crippen molar-refractivity contribution in [1.82, 2.24) is 5.16 Å². The van der Waals surface area contributed by atoms with Crippen LogP contribution in [0, 0.1) is 13.8 Å². The molecule has 1 unspecified atom stereocenters. The number of benzene rings is 2. The van der Waals surface area contributed by atoms with E-state index in [0.717, 1.165) is 11.3 Å². The molecule has 1 aliphatic rings. The van der Waals surface area contributed by atoms with E-state index >= 15 is 0 Å². The predicted octanol–water partition coefficient (Wildman–Crippen LogP) is 4.26. The lowest BCUT2D eigenvalue weighted by Crippen LogP contribution is -2.44. The van der Waals surface area contributed by atoms with Gasteiger partial charge in [-0.15, -0.1) is 0 Å². The molecule has 3 aromatic rings. The minimum Gasteiger partial charge on any atom is -0.494 e. The second kappa shape index (κ2) is 8.74. The SMILES string of the molecule is CCOc1cccc(C(=O)Nc2ccc3c(c2)N(Cc2c(C)noc2C)C(=O)C(C)O3)c1. The number of amides is 2. The Morgan fingerprint density at radius 2 is 2.03 bits per heavy atom. The second-order valence-corrected chi connectivity index (χ2v) is 7.58. The van der Waals surface area contributed by atoms with Crippen molar-refractivity contribution in [3.63, 3.8) is 0 Å². The van der Waals surface area contributed by atoms with Crippen LogP contribution in [-0.2, 0) is 11.3 Å². The van der Waals surface area contributed by atoms with Crippen LogP contribution in [-0.4, -0.2) is 29.7 Å². The van der Waals surface area contributed by atoms with Crippen LogP contribution in [0.25, 0.3) is 0 Å². The van der Waals surface area contributed by atoms with Gasteiger partial charge in [0.2, 0.25) is 0 Å². The van der Waals surface area contributed by atoms with Gasteiger partial charge in [-0.3, -0.25) is 9.59 Å². The van der Waals surface area contributed by atoms with Crippen LogP contribution in [0.3, 0.4) is 0 Å². The lowest BCUT2D eigenvalue weighted by atomic mass is 10.1. The molecule has 1 atom stereocenters. The van der Waals surface area contributed by atoms with Crippen LogP contribution in [0.2, 0.25) is 0 Å². The monoisotopic (exact) mass is 435 g/mol. The number of rotatable bonds is 6. The fraction of sp³-hybridized carbons (Fsp3) is 0.292. The van der Waals surface area contributed by atoms with E-state index in [1.807, 2.05) is 20.8 Å². The highest BCUT2D eigenvalue weighted by Gasteiger charge is 2.33. The van der Waals surface area contributed by atoms with Crippen molar-refractivity contribution in [2.24, 2.45) is 0 Å². The zero-order valence-electron chi connectivity index (χ0n) is 18.5. The summed E-state index contributed by atoms with van der Waals surface area (Å²) >= 11 is 0. The van der Waals surface area contributed by atoms with Gasteiger partial charge in [-0.25, -0.2) is 0 Å². The first-order valence-corrected chi connectivity index (χ1v) is 10.5. The molecule has 0 saturated carbocycles. The number of nitrogens with zero attached hydrogens (tertiary/aromatic N) is 2. The highest BCUT2D eigenvalue weighted by molar-refractivity contribution is 6.06. The van der Waals surface area contributed by atoms with Crippen molar-refractivity contribution in [2.45, 2.75) is 40.3 Å². The van der Waals surface area contributed by atoms with Crippen molar-refractivity contribution >= 4 is 23.2 Å². The number of anilines is 2. The Bertz CT molecular complexity index is 1150. The van der Waals surface area contributed by atoms with Crippen LogP contribution in [0.5, 0.6) is 11.5 Å². The maximum Gasteiger partial charge on any atom is 0.268 e. The molecular formula is C24H25N3O5. The normalized spacial score (nSPS) is 15.2. The molecule has 8 heteroatoms. The Labute approximate surface area is 186 Å². The number of carbonyl (C=O) groups excluding carboxylic acids is 2. The maximum atomic E-state index is 12.9. The minimum atomic E-state index is -0.621. The molecule has 4 rings (SSSR count). The van der Waals surface area contributed by atoms with Crippen LogP contribution in [0.15, 0.2) is 47.0 Å². The fourth-order valence-electron chi connectivity index (χ4n) is 3.63. The summed E-state index contributed by atoms with van der Waals surface area (Å²) in [7, 11) is 0. The lowest BCUT2D eigenvalue weighted by Gasteiger charge is -2.33. The van der Waals surface area contributed by atoms with Gasteiger partial charge in [0, 0.05) is 16.8 Å². The molecular weight excluding hydrogens is 410 g/mol. The average molecular weight is 435 g/mol. The topological polar surface area (TPSA) is 93.9 Å². The first-order chi connectivity index (χ1) is 15.4. The third-order valence-electron chi connectivity index (χ3n) is 5.33. The molecule has 0 spiro atoms. The summed E-state index contributed by atoms with van der Waals surface area (Å²) in [6.07, 6.45) is -0.621. The van der Waals surface area contributed by atoms with E-state index in [2.05, 4.69) is 10.5 Å². The van der Waals surface area contributed by atoms with E-state index in [4.69, 9.17) is 14.0 Å². The summed E-state index contributed by atoms with van der Waals surface area (Å²) in [6.45, 7) is 8.08. The predicted molar refractivity (Wildman–Crippen MR) is 119 cm³/mol. The van der Waals surface area contributed by atoms with Gasteiger partial charge in [-0.2, -0.15) is 0 Å². The molecule has 1 N–H and O–H groups in total. The van der Waals surface area contributed by atoms with Gasteiger partial charge < -0.3 is 24.2 Å².